The molecule has 0 atom stereocenters. The first kappa shape index (κ1) is 14.3. The summed E-state index contributed by atoms with van der Waals surface area (Å²) in [5, 5.41) is 2.43. The Morgan fingerprint density at radius 3 is 1.96 bits per heavy atom. The average Bonchev–Trinajstić information content (AvgIpc) is 2.67. The zero-order valence-corrected chi connectivity index (χ0v) is 13.2. The molecule has 0 nitrogen and oxygen atoms in total. The second-order valence-corrected chi connectivity index (χ2v) is 5.72. The van der Waals surface area contributed by atoms with E-state index < -0.39 is 0 Å². The van der Waals surface area contributed by atoms with Crippen molar-refractivity contribution in [2.24, 2.45) is 0 Å². The summed E-state index contributed by atoms with van der Waals surface area (Å²) in [5.74, 6) is 6.59. The Hall–Kier alpha value is -3.30. The first-order valence-corrected chi connectivity index (χ1v) is 8.05. The van der Waals surface area contributed by atoms with Crippen molar-refractivity contribution >= 4 is 10.8 Å². The van der Waals surface area contributed by atoms with Gasteiger partial charge >= 0.3 is 0 Å². The van der Waals surface area contributed by atoms with Crippen molar-refractivity contribution in [2.45, 2.75) is 0 Å². The number of rotatable bonds is 1. The van der Waals surface area contributed by atoms with Gasteiger partial charge in [0.25, 0.3) is 0 Å². The topological polar surface area (TPSA) is 0 Å². The standard InChI is InChI=1S/C24H16/c1-2-7-20(8-3-1)21-16-13-19(14-17-21)15-18-23-11-6-10-22-9-4-5-12-24(22)23/h1-14,16-17H. The molecule has 0 heteroatoms. The summed E-state index contributed by atoms with van der Waals surface area (Å²) >= 11 is 0. The van der Waals surface area contributed by atoms with Crippen molar-refractivity contribution in [1.29, 1.82) is 0 Å². The van der Waals surface area contributed by atoms with Crippen LogP contribution in [0.4, 0.5) is 0 Å². The highest BCUT2D eigenvalue weighted by Crippen LogP contribution is 2.20. The van der Waals surface area contributed by atoms with Crippen molar-refractivity contribution < 1.29 is 0 Å². The van der Waals surface area contributed by atoms with Gasteiger partial charge in [0, 0.05) is 11.1 Å². The molecule has 0 bridgehead atoms. The van der Waals surface area contributed by atoms with E-state index in [9.17, 15) is 0 Å². The number of hydrogen-bond donors (Lipinski definition) is 0. The molecule has 0 aliphatic rings. The molecule has 0 aliphatic carbocycles. The van der Waals surface area contributed by atoms with Crippen LogP contribution in [0.15, 0.2) is 97.1 Å². The number of hydrogen-bond acceptors (Lipinski definition) is 0. The fourth-order valence-corrected chi connectivity index (χ4v) is 2.85. The Bertz CT molecular complexity index is 1020. The van der Waals surface area contributed by atoms with Crippen LogP contribution in [0.2, 0.25) is 0 Å². The Balaban J connectivity index is 1.66. The lowest BCUT2D eigenvalue weighted by Crippen LogP contribution is -1.81. The van der Waals surface area contributed by atoms with Gasteiger partial charge in [-0.15, -0.1) is 0 Å². The van der Waals surface area contributed by atoms with E-state index in [4.69, 9.17) is 0 Å². The molecule has 0 aliphatic heterocycles. The Kier molecular flexibility index (Phi) is 3.84. The Morgan fingerprint density at radius 2 is 1.12 bits per heavy atom. The van der Waals surface area contributed by atoms with Gasteiger partial charge in [0.2, 0.25) is 0 Å². The van der Waals surface area contributed by atoms with Crippen LogP contribution in [0.25, 0.3) is 21.9 Å². The fraction of sp³-hybridized carbons (Fsp3) is 0. The molecule has 0 heterocycles. The first-order chi connectivity index (χ1) is 11.9. The number of fused-ring (bicyclic) bond motifs is 1. The maximum Gasteiger partial charge on any atom is 0.0327 e. The van der Waals surface area contributed by atoms with Crippen LogP contribution in [0.5, 0.6) is 0 Å². The van der Waals surface area contributed by atoms with Gasteiger partial charge in [-0.1, -0.05) is 90.7 Å². The van der Waals surface area contributed by atoms with Gasteiger partial charge < -0.3 is 0 Å². The maximum atomic E-state index is 3.31. The fourth-order valence-electron chi connectivity index (χ4n) is 2.85. The van der Waals surface area contributed by atoms with Gasteiger partial charge in [-0.25, -0.2) is 0 Å². The van der Waals surface area contributed by atoms with Gasteiger partial charge in [0.1, 0.15) is 0 Å². The molecule has 0 unspecified atom stereocenters. The third-order valence-electron chi connectivity index (χ3n) is 4.12. The van der Waals surface area contributed by atoms with Crippen molar-refractivity contribution in [1.82, 2.24) is 0 Å². The summed E-state index contributed by atoms with van der Waals surface area (Å²) in [5.41, 5.74) is 4.54. The minimum absolute atomic E-state index is 1.03. The third kappa shape index (κ3) is 2.93. The first-order valence-electron chi connectivity index (χ1n) is 8.05. The van der Waals surface area contributed by atoms with E-state index in [0.29, 0.717) is 0 Å². The molecule has 24 heavy (non-hydrogen) atoms. The summed E-state index contributed by atoms with van der Waals surface area (Å²) in [6, 6.07) is 33.4. The lowest BCUT2D eigenvalue weighted by Gasteiger charge is -2.01. The van der Waals surface area contributed by atoms with E-state index in [1.165, 1.54) is 21.9 Å². The molecular weight excluding hydrogens is 288 g/mol. The summed E-state index contributed by atoms with van der Waals surface area (Å²) in [6.07, 6.45) is 0. The lowest BCUT2D eigenvalue weighted by atomic mass is 10.0. The monoisotopic (exact) mass is 304 g/mol. The van der Waals surface area contributed by atoms with Crippen LogP contribution < -0.4 is 0 Å². The summed E-state index contributed by atoms with van der Waals surface area (Å²) in [7, 11) is 0. The van der Waals surface area contributed by atoms with E-state index in [2.05, 4.69) is 103 Å². The molecular formula is C24H16. The van der Waals surface area contributed by atoms with Crippen molar-refractivity contribution in [2.75, 3.05) is 0 Å². The van der Waals surface area contributed by atoms with Gasteiger partial charge in [0.15, 0.2) is 0 Å². The highest BCUT2D eigenvalue weighted by atomic mass is 14.0. The van der Waals surface area contributed by atoms with E-state index in [-0.39, 0.29) is 0 Å². The van der Waals surface area contributed by atoms with Crippen LogP contribution >= 0.6 is 0 Å². The van der Waals surface area contributed by atoms with Gasteiger partial charge in [0.05, 0.1) is 0 Å². The molecule has 0 amide bonds. The van der Waals surface area contributed by atoms with Gasteiger partial charge in [-0.05, 0) is 40.1 Å². The molecule has 0 fully saturated rings. The predicted molar refractivity (Wildman–Crippen MR) is 102 cm³/mol. The van der Waals surface area contributed by atoms with Gasteiger partial charge in [-0.2, -0.15) is 0 Å². The number of benzene rings is 4. The summed E-state index contributed by atoms with van der Waals surface area (Å²) in [4.78, 5) is 0. The average molecular weight is 304 g/mol. The van der Waals surface area contributed by atoms with Crippen LogP contribution in [-0.2, 0) is 0 Å². The van der Waals surface area contributed by atoms with Crippen LogP contribution in [0.3, 0.4) is 0 Å². The van der Waals surface area contributed by atoms with Crippen molar-refractivity contribution in [3.8, 4) is 23.0 Å². The normalized spacial score (nSPS) is 10.2. The van der Waals surface area contributed by atoms with E-state index >= 15 is 0 Å². The minimum atomic E-state index is 1.03. The zero-order valence-electron chi connectivity index (χ0n) is 13.2. The highest BCUT2D eigenvalue weighted by molar-refractivity contribution is 5.88. The Labute approximate surface area is 142 Å². The second-order valence-electron chi connectivity index (χ2n) is 5.72. The maximum absolute atomic E-state index is 3.31. The zero-order chi connectivity index (χ0) is 16.2. The van der Waals surface area contributed by atoms with E-state index in [1.54, 1.807) is 0 Å². The second kappa shape index (κ2) is 6.44. The molecule has 0 spiro atoms. The lowest BCUT2D eigenvalue weighted by molar-refractivity contribution is 1.59. The minimum Gasteiger partial charge on any atom is -0.0622 e. The smallest absolute Gasteiger partial charge is 0.0327 e. The highest BCUT2D eigenvalue weighted by Gasteiger charge is 1.98. The van der Waals surface area contributed by atoms with E-state index in [0.717, 1.165) is 11.1 Å². The van der Waals surface area contributed by atoms with Crippen LogP contribution in [0.1, 0.15) is 11.1 Å². The molecule has 0 N–H and O–H groups in total. The molecule has 4 rings (SSSR count). The third-order valence-corrected chi connectivity index (χ3v) is 4.12. The molecule has 0 radical (unpaired) electrons. The molecule has 0 aromatic heterocycles. The molecule has 112 valence electrons. The van der Waals surface area contributed by atoms with Gasteiger partial charge in [-0.3, -0.25) is 0 Å². The summed E-state index contributed by atoms with van der Waals surface area (Å²) < 4.78 is 0. The summed E-state index contributed by atoms with van der Waals surface area (Å²) in [6.45, 7) is 0. The largest absolute Gasteiger partial charge is 0.0622 e. The van der Waals surface area contributed by atoms with Crippen LogP contribution in [0, 0.1) is 11.8 Å². The predicted octanol–water partition coefficient (Wildman–Crippen LogP) is 5.91. The Morgan fingerprint density at radius 1 is 0.458 bits per heavy atom. The van der Waals surface area contributed by atoms with Crippen LogP contribution in [-0.4, -0.2) is 0 Å². The molecule has 4 aromatic rings. The molecule has 0 saturated heterocycles. The molecule has 0 saturated carbocycles. The SMILES string of the molecule is C(#Cc1cccc2ccccc12)c1ccc(-c2ccccc2)cc1. The molecule has 4 aromatic carbocycles. The van der Waals surface area contributed by atoms with Crippen molar-refractivity contribution in [3.63, 3.8) is 0 Å². The quantitative estimate of drug-likeness (QED) is 0.384. The van der Waals surface area contributed by atoms with E-state index in [1.807, 2.05) is 6.07 Å². The van der Waals surface area contributed by atoms with Crippen molar-refractivity contribution in [3.05, 3.63) is 108 Å².